The van der Waals surface area contributed by atoms with Crippen LogP contribution in [0.25, 0.3) is 0 Å². The Morgan fingerprint density at radius 3 is 2.75 bits per heavy atom. The van der Waals surface area contributed by atoms with Crippen molar-refractivity contribution in [2.24, 2.45) is 0 Å². The van der Waals surface area contributed by atoms with Gasteiger partial charge in [-0.1, -0.05) is 0 Å². The van der Waals surface area contributed by atoms with E-state index in [1.54, 1.807) is 4.90 Å². The van der Waals surface area contributed by atoms with Gasteiger partial charge in [0, 0.05) is 13.1 Å². The molecule has 1 atom stereocenters. The van der Waals surface area contributed by atoms with E-state index in [4.69, 9.17) is 0 Å². The van der Waals surface area contributed by atoms with Crippen molar-refractivity contribution in [2.45, 2.75) is 38.1 Å². The first kappa shape index (κ1) is 13.3. The first-order chi connectivity index (χ1) is 9.47. The van der Waals surface area contributed by atoms with Crippen LogP contribution in [0.5, 0.6) is 0 Å². The zero-order valence-electron chi connectivity index (χ0n) is 10.7. The molecule has 1 aromatic rings. The molecule has 110 valence electrons. The predicted octanol–water partition coefficient (Wildman–Crippen LogP) is 0.391. The standard InChI is InChI=1S/C11H14F3N5O/c12-11(13,14)10-17-16-8-6-18(4-5-19(8)10)9(20)7-2-1-3-15-7/h7,15H,1-6H2/t7-/m1/s1. The number of nitrogens with one attached hydrogen (secondary N) is 1. The highest BCUT2D eigenvalue weighted by atomic mass is 19.4. The van der Waals surface area contributed by atoms with Crippen LogP contribution in [0.3, 0.4) is 0 Å². The Labute approximate surface area is 112 Å². The van der Waals surface area contributed by atoms with E-state index in [1.165, 1.54) is 0 Å². The summed E-state index contributed by atoms with van der Waals surface area (Å²) < 4.78 is 39.1. The molecule has 3 rings (SSSR count). The molecule has 0 spiro atoms. The largest absolute Gasteiger partial charge is 0.451 e. The fourth-order valence-electron chi connectivity index (χ4n) is 2.67. The maximum absolute atomic E-state index is 12.7. The smallest absolute Gasteiger partial charge is 0.332 e. The van der Waals surface area contributed by atoms with E-state index in [-0.39, 0.29) is 37.4 Å². The molecule has 0 unspecified atom stereocenters. The van der Waals surface area contributed by atoms with Gasteiger partial charge in [-0.15, -0.1) is 10.2 Å². The van der Waals surface area contributed by atoms with E-state index in [0.717, 1.165) is 24.0 Å². The normalized spacial score (nSPS) is 22.9. The maximum Gasteiger partial charge on any atom is 0.451 e. The summed E-state index contributed by atoms with van der Waals surface area (Å²) in [4.78, 5) is 13.7. The number of carbonyl (C=O) groups is 1. The van der Waals surface area contributed by atoms with Gasteiger partial charge in [0.2, 0.25) is 11.7 Å². The third kappa shape index (κ3) is 2.26. The van der Waals surface area contributed by atoms with E-state index in [2.05, 4.69) is 15.5 Å². The molecule has 6 nitrogen and oxygen atoms in total. The molecule has 0 bridgehead atoms. The second-order valence-electron chi connectivity index (χ2n) is 5.00. The van der Waals surface area contributed by atoms with Crippen molar-refractivity contribution in [1.29, 1.82) is 0 Å². The van der Waals surface area contributed by atoms with E-state index in [9.17, 15) is 18.0 Å². The lowest BCUT2D eigenvalue weighted by Crippen LogP contribution is -2.47. The van der Waals surface area contributed by atoms with Gasteiger partial charge in [-0.2, -0.15) is 13.2 Å². The lowest BCUT2D eigenvalue weighted by Gasteiger charge is -2.30. The first-order valence-corrected chi connectivity index (χ1v) is 6.48. The minimum Gasteiger partial charge on any atom is -0.332 e. The third-order valence-corrected chi connectivity index (χ3v) is 3.68. The van der Waals surface area contributed by atoms with E-state index < -0.39 is 12.0 Å². The van der Waals surface area contributed by atoms with Crippen LogP contribution in [-0.4, -0.2) is 44.7 Å². The van der Waals surface area contributed by atoms with Crippen LogP contribution in [0.15, 0.2) is 0 Å². The predicted molar refractivity (Wildman–Crippen MR) is 61.5 cm³/mol. The lowest BCUT2D eigenvalue weighted by atomic mass is 10.2. The second-order valence-corrected chi connectivity index (χ2v) is 5.00. The number of aromatic nitrogens is 3. The molecule has 9 heteroatoms. The summed E-state index contributed by atoms with van der Waals surface area (Å²) in [7, 11) is 0. The Hall–Kier alpha value is -1.64. The highest BCUT2D eigenvalue weighted by Crippen LogP contribution is 2.29. The molecule has 1 aromatic heterocycles. The van der Waals surface area contributed by atoms with Gasteiger partial charge in [0.05, 0.1) is 12.6 Å². The summed E-state index contributed by atoms with van der Waals surface area (Å²) in [5, 5.41) is 9.85. The summed E-state index contributed by atoms with van der Waals surface area (Å²) in [6.07, 6.45) is -2.79. The molecule has 0 aliphatic carbocycles. The van der Waals surface area contributed by atoms with Crippen molar-refractivity contribution in [3.8, 4) is 0 Å². The molecule has 2 aliphatic rings. The quantitative estimate of drug-likeness (QED) is 0.812. The number of hydrogen-bond donors (Lipinski definition) is 1. The lowest BCUT2D eigenvalue weighted by molar-refractivity contribution is -0.148. The Kier molecular flexibility index (Phi) is 3.15. The first-order valence-electron chi connectivity index (χ1n) is 6.48. The van der Waals surface area contributed by atoms with Gasteiger partial charge >= 0.3 is 6.18 Å². The number of amides is 1. The molecular formula is C11H14F3N5O. The minimum atomic E-state index is -4.51. The van der Waals surface area contributed by atoms with Crippen molar-refractivity contribution < 1.29 is 18.0 Å². The van der Waals surface area contributed by atoms with Crippen molar-refractivity contribution in [3.05, 3.63) is 11.6 Å². The summed E-state index contributed by atoms with van der Waals surface area (Å²) >= 11 is 0. The van der Waals surface area contributed by atoms with E-state index in [1.807, 2.05) is 0 Å². The molecule has 1 fully saturated rings. The molecule has 0 radical (unpaired) electrons. The molecular weight excluding hydrogens is 275 g/mol. The summed E-state index contributed by atoms with van der Waals surface area (Å²) in [5.74, 6) is -0.862. The van der Waals surface area contributed by atoms with Crippen LogP contribution in [0.2, 0.25) is 0 Å². The summed E-state index contributed by atoms with van der Waals surface area (Å²) in [6.45, 7) is 1.22. The minimum absolute atomic E-state index is 0.0645. The van der Waals surface area contributed by atoms with Gasteiger partial charge in [0.15, 0.2) is 5.82 Å². The zero-order valence-corrected chi connectivity index (χ0v) is 10.7. The molecule has 1 amide bonds. The SMILES string of the molecule is O=C([C@H]1CCCN1)N1CCn2c(nnc2C(F)(F)F)C1. The van der Waals surface area contributed by atoms with E-state index in [0.29, 0.717) is 0 Å². The molecule has 1 N–H and O–H groups in total. The number of nitrogens with zero attached hydrogens (tertiary/aromatic N) is 4. The van der Waals surface area contributed by atoms with Crippen molar-refractivity contribution >= 4 is 5.91 Å². The van der Waals surface area contributed by atoms with Gasteiger partial charge in [-0.05, 0) is 19.4 Å². The van der Waals surface area contributed by atoms with Gasteiger partial charge in [-0.3, -0.25) is 4.79 Å². The monoisotopic (exact) mass is 289 g/mol. The van der Waals surface area contributed by atoms with Crippen molar-refractivity contribution in [1.82, 2.24) is 25.0 Å². The van der Waals surface area contributed by atoms with E-state index >= 15 is 0 Å². The third-order valence-electron chi connectivity index (χ3n) is 3.68. The fourth-order valence-corrected chi connectivity index (χ4v) is 2.67. The molecule has 0 saturated carbocycles. The zero-order chi connectivity index (χ0) is 14.3. The topological polar surface area (TPSA) is 63.1 Å². The summed E-state index contributed by atoms with van der Waals surface area (Å²) in [6, 6.07) is -0.216. The van der Waals surface area contributed by atoms with Crippen LogP contribution in [0, 0.1) is 0 Å². The second kappa shape index (κ2) is 4.72. The Balaban J connectivity index is 1.76. The molecule has 3 heterocycles. The number of hydrogen-bond acceptors (Lipinski definition) is 4. The summed E-state index contributed by atoms with van der Waals surface area (Å²) in [5.41, 5.74) is 0. The molecule has 2 aliphatic heterocycles. The van der Waals surface area contributed by atoms with Gasteiger partial charge in [0.25, 0.3) is 0 Å². The molecule has 0 aromatic carbocycles. The van der Waals surface area contributed by atoms with Crippen LogP contribution in [0.1, 0.15) is 24.5 Å². The highest BCUT2D eigenvalue weighted by Gasteiger charge is 2.40. The average molecular weight is 289 g/mol. The number of halogens is 3. The van der Waals surface area contributed by atoms with Gasteiger partial charge in [-0.25, -0.2) is 0 Å². The number of rotatable bonds is 1. The fraction of sp³-hybridized carbons (Fsp3) is 0.727. The van der Waals surface area contributed by atoms with Gasteiger partial charge in [0.1, 0.15) is 0 Å². The van der Waals surface area contributed by atoms with Crippen LogP contribution >= 0.6 is 0 Å². The average Bonchev–Trinajstić information content (AvgIpc) is 3.05. The van der Waals surface area contributed by atoms with Crippen LogP contribution < -0.4 is 5.32 Å². The Bertz CT molecular complexity index is 521. The van der Waals surface area contributed by atoms with Crippen molar-refractivity contribution in [3.63, 3.8) is 0 Å². The number of fused-ring (bicyclic) bond motifs is 1. The van der Waals surface area contributed by atoms with Crippen LogP contribution in [-0.2, 0) is 24.1 Å². The maximum atomic E-state index is 12.7. The Morgan fingerprint density at radius 1 is 1.30 bits per heavy atom. The van der Waals surface area contributed by atoms with Crippen molar-refractivity contribution in [2.75, 3.05) is 13.1 Å². The molecule has 20 heavy (non-hydrogen) atoms. The van der Waals surface area contributed by atoms with Crippen LogP contribution in [0.4, 0.5) is 13.2 Å². The molecule has 1 saturated heterocycles. The Morgan fingerprint density at radius 2 is 2.10 bits per heavy atom. The number of alkyl halides is 3. The van der Waals surface area contributed by atoms with Gasteiger partial charge < -0.3 is 14.8 Å². The number of carbonyl (C=O) groups excluding carboxylic acids is 1. The highest BCUT2D eigenvalue weighted by molar-refractivity contribution is 5.82.